The van der Waals surface area contributed by atoms with Crippen molar-refractivity contribution in [2.75, 3.05) is 5.73 Å². The summed E-state index contributed by atoms with van der Waals surface area (Å²) in [5.41, 5.74) is 5.38. The molecule has 0 aliphatic heterocycles. The summed E-state index contributed by atoms with van der Waals surface area (Å²) >= 11 is 0. The summed E-state index contributed by atoms with van der Waals surface area (Å²) < 4.78 is 27.3. The number of nitrogens with zero attached hydrogens (tertiary/aromatic N) is 2. The zero-order valence-corrected chi connectivity index (χ0v) is 6.37. The van der Waals surface area contributed by atoms with E-state index in [1.54, 1.807) is 6.07 Å². The van der Waals surface area contributed by atoms with E-state index in [9.17, 15) is 8.78 Å². The van der Waals surface area contributed by atoms with E-state index in [1.807, 2.05) is 0 Å². The predicted molar refractivity (Wildman–Crippen MR) is 40.0 cm³/mol. The van der Waals surface area contributed by atoms with Crippen LogP contribution >= 0.6 is 0 Å². The standard InChI is InChI=1S/C7H5F2N3O/c8-7(9)13-5-2-1-4(3-10)6(11)12-5/h1-2,7H,(H2,11,12). The molecule has 0 saturated heterocycles. The largest absolute Gasteiger partial charge is 0.417 e. The maximum Gasteiger partial charge on any atom is 0.388 e. The molecule has 6 heteroatoms. The minimum absolute atomic E-state index is 0.124. The van der Waals surface area contributed by atoms with Crippen molar-refractivity contribution in [3.05, 3.63) is 17.7 Å². The summed E-state index contributed by atoms with van der Waals surface area (Å²) in [4.78, 5) is 3.44. The molecule has 1 rings (SSSR count). The first-order valence-electron chi connectivity index (χ1n) is 3.25. The average Bonchev–Trinajstić information content (AvgIpc) is 2.03. The van der Waals surface area contributed by atoms with Crippen LogP contribution in [0.1, 0.15) is 5.56 Å². The van der Waals surface area contributed by atoms with Crippen molar-refractivity contribution in [1.82, 2.24) is 4.98 Å². The molecule has 0 saturated carbocycles. The number of nitriles is 1. The van der Waals surface area contributed by atoms with Crippen LogP contribution in [0.4, 0.5) is 14.6 Å². The molecule has 13 heavy (non-hydrogen) atoms. The van der Waals surface area contributed by atoms with Crippen LogP contribution < -0.4 is 10.5 Å². The van der Waals surface area contributed by atoms with Crippen LogP contribution in [0.5, 0.6) is 5.88 Å². The smallest absolute Gasteiger partial charge is 0.388 e. The summed E-state index contributed by atoms with van der Waals surface area (Å²) in [6.07, 6.45) is 0. The van der Waals surface area contributed by atoms with Crippen molar-refractivity contribution in [3.63, 3.8) is 0 Å². The number of halogens is 2. The van der Waals surface area contributed by atoms with Gasteiger partial charge in [-0.05, 0) is 6.07 Å². The zero-order valence-electron chi connectivity index (χ0n) is 6.37. The number of pyridine rings is 1. The van der Waals surface area contributed by atoms with E-state index < -0.39 is 6.61 Å². The van der Waals surface area contributed by atoms with Crippen LogP contribution in [-0.4, -0.2) is 11.6 Å². The Labute approximate surface area is 72.6 Å². The second-order valence-corrected chi connectivity index (χ2v) is 2.07. The number of rotatable bonds is 2. The van der Waals surface area contributed by atoms with Crippen LogP contribution in [0.15, 0.2) is 12.1 Å². The van der Waals surface area contributed by atoms with Gasteiger partial charge in [0.05, 0.1) is 5.56 Å². The third kappa shape index (κ3) is 2.27. The quantitative estimate of drug-likeness (QED) is 0.749. The van der Waals surface area contributed by atoms with Crippen LogP contribution in [0.2, 0.25) is 0 Å². The lowest BCUT2D eigenvalue weighted by atomic mass is 10.3. The molecule has 1 aromatic heterocycles. The summed E-state index contributed by atoms with van der Waals surface area (Å²) in [5, 5.41) is 8.43. The van der Waals surface area contributed by atoms with E-state index in [2.05, 4.69) is 9.72 Å². The van der Waals surface area contributed by atoms with Crippen molar-refractivity contribution in [2.45, 2.75) is 6.61 Å². The predicted octanol–water partition coefficient (Wildman–Crippen LogP) is 1.14. The molecule has 1 heterocycles. The molecule has 0 fully saturated rings. The van der Waals surface area contributed by atoms with Crippen molar-refractivity contribution in [3.8, 4) is 11.9 Å². The Hall–Kier alpha value is -1.90. The monoisotopic (exact) mass is 185 g/mol. The first-order valence-corrected chi connectivity index (χ1v) is 3.25. The van der Waals surface area contributed by atoms with Gasteiger partial charge in [-0.2, -0.15) is 19.0 Å². The molecule has 0 radical (unpaired) electrons. The summed E-state index contributed by atoms with van der Waals surface area (Å²) in [5.74, 6) is -0.424. The maximum absolute atomic E-state index is 11.7. The molecular weight excluding hydrogens is 180 g/mol. The minimum atomic E-state index is -2.94. The Bertz CT molecular complexity index is 348. The molecule has 0 aliphatic rings. The van der Waals surface area contributed by atoms with Gasteiger partial charge in [0.1, 0.15) is 11.9 Å². The second-order valence-electron chi connectivity index (χ2n) is 2.07. The van der Waals surface area contributed by atoms with Crippen molar-refractivity contribution < 1.29 is 13.5 Å². The topological polar surface area (TPSA) is 71.9 Å². The molecule has 0 atom stereocenters. The summed E-state index contributed by atoms with van der Waals surface area (Å²) in [6, 6.07) is 4.16. The molecule has 1 aromatic rings. The number of alkyl halides is 2. The number of nitrogens with two attached hydrogens (primary N) is 1. The summed E-state index contributed by atoms with van der Waals surface area (Å²) in [7, 11) is 0. The molecule has 0 aromatic carbocycles. The Morgan fingerprint density at radius 3 is 2.69 bits per heavy atom. The van der Waals surface area contributed by atoms with Gasteiger partial charge in [0, 0.05) is 6.07 Å². The molecule has 4 nitrogen and oxygen atoms in total. The average molecular weight is 185 g/mol. The second kappa shape index (κ2) is 3.67. The lowest BCUT2D eigenvalue weighted by Crippen LogP contribution is -2.05. The van der Waals surface area contributed by atoms with Crippen molar-refractivity contribution in [1.29, 1.82) is 5.26 Å². The van der Waals surface area contributed by atoms with E-state index in [0.29, 0.717) is 0 Å². The van der Waals surface area contributed by atoms with Gasteiger partial charge in [-0.25, -0.2) is 0 Å². The first-order chi connectivity index (χ1) is 6.13. The zero-order chi connectivity index (χ0) is 9.84. The lowest BCUT2D eigenvalue weighted by Gasteiger charge is -2.03. The van der Waals surface area contributed by atoms with Gasteiger partial charge in [0.15, 0.2) is 0 Å². The molecule has 0 bridgehead atoms. The van der Waals surface area contributed by atoms with Gasteiger partial charge in [-0.15, -0.1) is 0 Å². The molecule has 68 valence electrons. The Morgan fingerprint density at radius 2 is 2.23 bits per heavy atom. The van der Waals surface area contributed by atoms with Crippen molar-refractivity contribution >= 4 is 5.82 Å². The van der Waals surface area contributed by atoms with Crippen LogP contribution in [0.3, 0.4) is 0 Å². The van der Waals surface area contributed by atoms with E-state index >= 15 is 0 Å². The van der Waals surface area contributed by atoms with Gasteiger partial charge in [-0.3, -0.25) is 0 Å². The lowest BCUT2D eigenvalue weighted by molar-refractivity contribution is -0.0527. The highest BCUT2D eigenvalue weighted by molar-refractivity contribution is 5.49. The maximum atomic E-state index is 11.7. The van der Waals surface area contributed by atoms with Gasteiger partial charge >= 0.3 is 6.61 Å². The number of ether oxygens (including phenoxy) is 1. The third-order valence-corrected chi connectivity index (χ3v) is 1.23. The van der Waals surface area contributed by atoms with Gasteiger partial charge < -0.3 is 10.5 Å². The highest BCUT2D eigenvalue weighted by atomic mass is 19.3. The van der Waals surface area contributed by atoms with E-state index in [0.717, 1.165) is 6.07 Å². The Balaban J connectivity index is 2.91. The fourth-order valence-electron chi connectivity index (χ4n) is 0.708. The SMILES string of the molecule is N#Cc1ccc(OC(F)F)nc1N. The van der Waals surface area contributed by atoms with Crippen LogP contribution in [0, 0.1) is 11.3 Å². The molecule has 0 amide bonds. The third-order valence-electron chi connectivity index (χ3n) is 1.23. The highest BCUT2D eigenvalue weighted by Gasteiger charge is 2.07. The molecule has 0 unspecified atom stereocenters. The summed E-state index contributed by atoms with van der Waals surface area (Å²) in [6.45, 7) is -2.94. The number of hydrogen-bond donors (Lipinski definition) is 1. The van der Waals surface area contributed by atoms with Gasteiger partial charge in [0.2, 0.25) is 5.88 Å². The first kappa shape index (κ1) is 9.19. The Morgan fingerprint density at radius 1 is 1.54 bits per heavy atom. The molecule has 0 spiro atoms. The van der Waals surface area contributed by atoms with Crippen LogP contribution in [-0.2, 0) is 0 Å². The fraction of sp³-hybridized carbons (Fsp3) is 0.143. The number of hydrogen-bond acceptors (Lipinski definition) is 4. The highest BCUT2D eigenvalue weighted by Crippen LogP contribution is 2.15. The Kier molecular flexibility index (Phi) is 2.59. The van der Waals surface area contributed by atoms with E-state index in [-0.39, 0.29) is 17.3 Å². The molecule has 2 N–H and O–H groups in total. The molecule has 0 aliphatic carbocycles. The van der Waals surface area contributed by atoms with Gasteiger partial charge in [-0.1, -0.05) is 0 Å². The van der Waals surface area contributed by atoms with Crippen LogP contribution in [0.25, 0.3) is 0 Å². The number of aromatic nitrogens is 1. The van der Waals surface area contributed by atoms with Crippen molar-refractivity contribution in [2.24, 2.45) is 0 Å². The minimum Gasteiger partial charge on any atom is -0.417 e. The molecular formula is C7H5F2N3O. The fourth-order valence-corrected chi connectivity index (χ4v) is 0.708. The van der Waals surface area contributed by atoms with E-state index in [4.69, 9.17) is 11.0 Å². The normalized spacial score (nSPS) is 9.69. The number of anilines is 1. The number of nitrogen functional groups attached to an aromatic ring is 1. The van der Waals surface area contributed by atoms with Gasteiger partial charge in [0.25, 0.3) is 0 Å². The van der Waals surface area contributed by atoms with E-state index in [1.165, 1.54) is 6.07 Å².